The molecule has 2 fully saturated rings. The second-order valence-electron chi connectivity index (χ2n) is 6.14. The first-order chi connectivity index (χ1) is 11.5. The molecule has 1 saturated carbocycles. The summed E-state index contributed by atoms with van der Waals surface area (Å²) in [5.74, 6) is -0.375. The van der Waals surface area contributed by atoms with Crippen molar-refractivity contribution in [1.29, 1.82) is 0 Å². The summed E-state index contributed by atoms with van der Waals surface area (Å²) in [6.45, 7) is 0. The van der Waals surface area contributed by atoms with Crippen molar-refractivity contribution in [2.45, 2.75) is 44.1 Å². The van der Waals surface area contributed by atoms with Crippen LogP contribution >= 0.6 is 15.9 Å². The Bertz CT molecular complexity index is 654. The number of nitrogens with one attached hydrogen (secondary N) is 3. The molecule has 5 amide bonds. The van der Waals surface area contributed by atoms with Gasteiger partial charge in [0.2, 0.25) is 0 Å². The number of hydrogen-bond donors (Lipinski definition) is 3. The first kappa shape index (κ1) is 16.8. The molecule has 0 aromatic heterocycles. The minimum absolute atomic E-state index is 0.375. The zero-order chi connectivity index (χ0) is 17.2. The van der Waals surface area contributed by atoms with Crippen molar-refractivity contribution < 1.29 is 14.4 Å². The number of carbonyl (C=O) groups excluding carboxylic acids is 3. The summed E-state index contributed by atoms with van der Waals surface area (Å²) in [6, 6.07) is 5.78. The van der Waals surface area contributed by atoms with Crippen molar-refractivity contribution in [1.82, 2.24) is 15.8 Å². The molecule has 1 spiro atoms. The van der Waals surface area contributed by atoms with Crippen molar-refractivity contribution >= 4 is 39.6 Å². The molecule has 24 heavy (non-hydrogen) atoms. The van der Waals surface area contributed by atoms with Gasteiger partial charge < -0.3 is 10.6 Å². The maximum Gasteiger partial charge on any atom is 0.344 e. The van der Waals surface area contributed by atoms with Gasteiger partial charge in [-0.25, -0.2) is 15.0 Å². The van der Waals surface area contributed by atoms with E-state index < -0.39 is 17.6 Å². The third kappa shape index (κ3) is 3.38. The molecule has 1 heterocycles. The standard InChI is InChI=1S/C16H19BrN4O3/c17-11-5-7-12(8-6-11)18-14(23)20-21-13(22)16(19-15(21)24)9-3-1-2-4-10-16/h5-8H,1-4,9-10H2,(H,19,24)(H2,18,20,23). The fraction of sp³-hybridized carbons (Fsp3) is 0.438. The van der Waals surface area contributed by atoms with Crippen LogP contribution in [-0.4, -0.2) is 28.5 Å². The highest BCUT2D eigenvalue weighted by molar-refractivity contribution is 9.10. The summed E-state index contributed by atoms with van der Waals surface area (Å²) in [5.41, 5.74) is 2.04. The molecule has 3 rings (SSSR count). The van der Waals surface area contributed by atoms with E-state index in [1.54, 1.807) is 24.3 Å². The highest BCUT2D eigenvalue weighted by Gasteiger charge is 2.51. The predicted molar refractivity (Wildman–Crippen MR) is 92.1 cm³/mol. The van der Waals surface area contributed by atoms with Gasteiger partial charge in [0.15, 0.2) is 0 Å². The predicted octanol–water partition coefficient (Wildman–Crippen LogP) is 3.13. The minimum Gasteiger partial charge on any atom is -0.322 e. The fourth-order valence-electron chi connectivity index (χ4n) is 3.19. The molecule has 1 aromatic carbocycles. The number of amides is 5. The number of carbonyl (C=O) groups is 3. The lowest BCUT2D eigenvalue weighted by atomic mass is 9.90. The highest BCUT2D eigenvalue weighted by Crippen LogP contribution is 2.32. The normalized spacial score (nSPS) is 19.8. The lowest BCUT2D eigenvalue weighted by Gasteiger charge is -2.24. The van der Waals surface area contributed by atoms with Crippen LogP contribution in [0.2, 0.25) is 0 Å². The SMILES string of the molecule is O=C(Nc1ccc(Br)cc1)NN1C(=O)NC2(CCCCCC2)C1=O. The Kier molecular flexibility index (Phi) is 4.75. The Balaban J connectivity index is 1.66. The molecule has 1 saturated heterocycles. The van der Waals surface area contributed by atoms with Crippen molar-refractivity contribution in [2.75, 3.05) is 5.32 Å². The second kappa shape index (κ2) is 6.80. The number of hydrogen-bond acceptors (Lipinski definition) is 3. The number of imide groups is 1. The summed E-state index contributed by atoms with van der Waals surface area (Å²) in [6.07, 6.45) is 5.13. The zero-order valence-corrected chi connectivity index (χ0v) is 14.7. The molecule has 7 nitrogen and oxygen atoms in total. The molecule has 1 aliphatic heterocycles. The summed E-state index contributed by atoms with van der Waals surface area (Å²) < 4.78 is 0.887. The van der Waals surface area contributed by atoms with Crippen molar-refractivity contribution in [2.24, 2.45) is 0 Å². The van der Waals surface area contributed by atoms with Crippen LogP contribution in [-0.2, 0) is 4.79 Å². The van der Waals surface area contributed by atoms with Gasteiger partial charge in [0.05, 0.1) is 0 Å². The molecule has 8 heteroatoms. The number of nitrogens with zero attached hydrogens (tertiary/aromatic N) is 1. The van der Waals surface area contributed by atoms with E-state index in [0.29, 0.717) is 18.5 Å². The first-order valence-corrected chi connectivity index (χ1v) is 8.79. The maximum atomic E-state index is 12.7. The lowest BCUT2D eigenvalue weighted by Crippen LogP contribution is -2.50. The van der Waals surface area contributed by atoms with Crippen LogP contribution in [0, 0.1) is 0 Å². The number of urea groups is 2. The van der Waals surface area contributed by atoms with E-state index in [-0.39, 0.29) is 5.91 Å². The van der Waals surface area contributed by atoms with E-state index in [2.05, 4.69) is 32.0 Å². The molecular formula is C16H19BrN4O3. The molecule has 2 aliphatic rings. The number of halogens is 1. The van der Waals surface area contributed by atoms with E-state index in [4.69, 9.17) is 0 Å². The van der Waals surface area contributed by atoms with E-state index in [1.807, 2.05) is 0 Å². The Hall–Kier alpha value is -2.09. The van der Waals surface area contributed by atoms with Crippen LogP contribution in [0.5, 0.6) is 0 Å². The molecule has 3 N–H and O–H groups in total. The van der Waals surface area contributed by atoms with Gasteiger partial charge in [-0.3, -0.25) is 4.79 Å². The molecule has 0 atom stereocenters. The van der Waals surface area contributed by atoms with Gasteiger partial charge >= 0.3 is 12.1 Å². The van der Waals surface area contributed by atoms with Crippen LogP contribution in [0.4, 0.5) is 15.3 Å². The van der Waals surface area contributed by atoms with E-state index in [0.717, 1.165) is 35.2 Å². The fourth-order valence-corrected chi connectivity index (χ4v) is 3.45. The van der Waals surface area contributed by atoms with Crippen molar-refractivity contribution in [3.05, 3.63) is 28.7 Å². The third-order valence-electron chi connectivity index (χ3n) is 4.43. The summed E-state index contributed by atoms with van der Waals surface area (Å²) in [7, 11) is 0. The van der Waals surface area contributed by atoms with Gasteiger partial charge in [0.25, 0.3) is 5.91 Å². The zero-order valence-electron chi connectivity index (χ0n) is 13.1. The Labute approximate surface area is 148 Å². The van der Waals surface area contributed by atoms with Gasteiger partial charge in [0, 0.05) is 10.2 Å². The number of hydrazine groups is 1. The number of rotatable bonds is 2. The Morgan fingerprint density at radius 3 is 2.33 bits per heavy atom. The minimum atomic E-state index is -0.863. The van der Waals surface area contributed by atoms with Crippen LogP contribution in [0.3, 0.4) is 0 Å². The van der Waals surface area contributed by atoms with Gasteiger partial charge in [-0.2, -0.15) is 5.01 Å². The monoisotopic (exact) mass is 394 g/mol. The highest BCUT2D eigenvalue weighted by atomic mass is 79.9. The van der Waals surface area contributed by atoms with E-state index in [9.17, 15) is 14.4 Å². The largest absolute Gasteiger partial charge is 0.344 e. The molecule has 0 unspecified atom stereocenters. The van der Waals surface area contributed by atoms with Crippen LogP contribution < -0.4 is 16.1 Å². The molecule has 1 aliphatic carbocycles. The number of anilines is 1. The molecular weight excluding hydrogens is 376 g/mol. The smallest absolute Gasteiger partial charge is 0.322 e. The lowest BCUT2D eigenvalue weighted by molar-refractivity contribution is -0.133. The first-order valence-electron chi connectivity index (χ1n) is 8.00. The maximum absolute atomic E-state index is 12.7. The number of benzene rings is 1. The van der Waals surface area contributed by atoms with Crippen LogP contribution in [0.1, 0.15) is 38.5 Å². The third-order valence-corrected chi connectivity index (χ3v) is 4.96. The van der Waals surface area contributed by atoms with Crippen molar-refractivity contribution in [3.8, 4) is 0 Å². The van der Waals surface area contributed by atoms with Gasteiger partial charge in [0.1, 0.15) is 5.54 Å². The van der Waals surface area contributed by atoms with E-state index >= 15 is 0 Å². The topological polar surface area (TPSA) is 90.5 Å². The molecule has 0 radical (unpaired) electrons. The summed E-state index contributed by atoms with van der Waals surface area (Å²) >= 11 is 3.31. The van der Waals surface area contributed by atoms with E-state index in [1.165, 1.54) is 0 Å². The summed E-state index contributed by atoms with van der Waals surface area (Å²) in [4.78, 5) is 36.9. The molecule has 128 valence electrons. The summed E-state index contributed by atoms with van der Waals surface area (Å²) in [5, 5.41) is 6.16. The second-order valence-corrected chi connectivity index (χ2v) is 7.06. The van der Waals surface area contributed by atoms with Gasteiger partial charge in [-0.15, -0.1) is 0 Å². The van der Waals surface area contributed by atoms with Crippen LogP contribution in [0.25, 0.3) is 0 Å². The van der Waals surface area contributed by atoms with Crippen molar-refractivity contribution in [3.63, 3.8) is 0 Å². The average Bonchev–Trinajstić information content (AvgIpc) is 2.73. The van der Waals surface area contributed by atoms with Gasteiger partial charge in [-0.1, -0.05) is 41.6 Å². The molecule has 0 bridgehead atoms. The Morgan fingerprint density at radius 1 is 1.08 bits per heavy atom. The van der Waals surface area contributed by atoms with Gasteiger partial charge in [-0.05, 0) is 37.1 Å². The Morgan fingerprint density at radius 2 is 1.71 bits per heavy atom. The quantitative estimate of drug-likeness (QED) is 0.672. The molecule has 1 aromatic rings. The van der Waals surface area contributed by atoms with Crippen LogP contribution in [0.15, 0.2) is 28.7 Å². The average molecular weight is 395 g/mol.